The highest BCUT2D eigenvalue weighted by Crippen LogP contribution is 2.20. The fraction of sp³-hybridized carbons (Fsp3) is 0.600. The molecule has 0 bridgehead atoms. The molecule has 0 spiro atoms. The van der Waals surface area contributed by atoms with E-state index < -0.39 is 24.4 Å². The molecule has 3 heterocycles. The highest BCUT2D eigenvalue weighted by Gasteiger charge is 2.39. The number of aliphatic hydroxyl groups is 2. The number of ether oxygens (including phenoxy) is 2. The first-order chi connectivity index (χ1) is 12.5. The number of aromatic nitrogens is 4. The molecule has 0 saturated carbocycles. The Kier molecular flexibility index (Phi) is 5.61. The number of hydrogen-bond acceptors (Lipinski definition) is 9. The highest BCUT2D eigenvalue weighted by atomic mass is 16.5. The third-order valence-corrected chi connectivity index (χ3v) is 4.32. The van der Waals surface area contributed by atoms with Gasteiger partial charge in [-0.3, -0.25) is 4.79 Å². The van der Waals surface area contributed by atoms with Crippen molar-refractivity contribution in [2.75, 3.05) is 26.1 Å². The van der Waals surface area contributed by atoms with Gasteiger partial charge in [0.15, 0.2) is 11.5 Å². The van der Waals surface area contributed by atoms with Gasteiger partial charge in [0.2, 0.25) is 5.91 Å². The largest absolute Gasteiger partial charge is 0.388 e. The third-order valence-electron chi connectivity index (χ3n) is 4.32. The molecule has 11 heteroatoms. The van der Waals surface area contributed by atoms with Gasteiger partial charge in [0, 0.05) is 13.5 Å². The van der Waals surface area contributed by atoms with Gasteiger partial charge < -0.3 is 35.3 Å². The van der Waals surface area contributed by atoms with Crippen molar-refractivity contribution in [1.82, 2.24) is 24.8 Å². The molecule has 0 radical (unpaired) electrons. The Hall–Kier alpha value is -2.34. The molecule has 1 saturated heterocycles. The van der Waals surface area contributed by atoms with Gasteiger partial charge in [-0.1, -0.05) is 0 Å². The van der Waals surface area contributed by atoms with Gasteiger partial charge in [0.05, 0.1) is 32.1 Å². The second-order valence-electron chi connectivity index (χ2n) is 6.10. The summed E-state index contributed by atoms with van der Waals surface area (Å²) in [6.45, 7) is 0.570. The first-order valence-corrected chi connectivity index (χ1v) is 8.18. The number of imidazole rings is 1. The van der Waals surface area contributed by atoms with Crippen LogP contribution in [0.3, 0.4) is 0 Å². The summed E-state index contributed by atoms with van der Waals surface area (Å²) < 4.78 is 12.2. The predicted octanol–water partition coefficient (Wildman–Crippen LogP) is -1.95. The van der Waals surface area contributed by atoms with E-state index in [0.717, 1.165) is 0 Å². The normalized spacial score (nSPS) is 26.1. The van der Waals surface area contributed by atoms with Crippen molar-refractivity contribution in [1.29, 1.82) is 0 Å². The molecular formula is C15H22N6O5. The Morgan fingerprint density at radius 1 is 1.42 bits per heavy atom. The molecule has 3 rings (SSSR count). The topological polar surface area (TPSA) is 158 Å². The molecule has 5 N–H and O–H groups in total. The minimum atomic E-state index is -1.19. The Morgan fingerprint density at radius 2 is 2.23 bits per heavy atom. The molecule has 4 atom stereocenters. The molecular weight excluding hydrogens is 344 g/mol. The molecule has 0 unspecified atom stereocenters. The minimum absolute atomic E-state index is 0.0748. The van der Waals surface area contributed by atoms with E-state index >= 15 is 0 Å². The van der Waals surface area contributed by atoms with Gasteiger partial charge in [-0.15, -0.1) is 0 Å². The summed E-state index contributed by atoms with van der Waals surface area (Å²) in [5, 5.41) is 23.3. The summed E-state index contributed by atoms with van der Waals surface area (Å²) in [6, 6.07) is -0.692. The van der Waals surface area contributed by atoms with E-state index in [1.54, 1.807) is 4.57 Å². The van der Waals surface area contributed by atoms with Crippen LogP contribution in [0.25, 0.3) is 11.2 Å². The molecule has 0 aromatic carbocycles. The van der Waals surface area contributed by atoms with Crippen LogP contribution in [0.4, 0.5) is 5.82 Å². The minimum Gasteiger partial charge on any atom is -0.388 e. The number of anilines is 1. The Morgan fingerprint density at radius 3 is 3.00 bits per heavy atom. The molecule has 2 aromatic heterocycles. The van der Waals surface area contributed by atoms with E-state index in [2.05, 4.69) is 20.3 Å². The van der Waals surface area contributed by atoms with Gasteiger partial charge in [0.1, 0.15) is 30.2 Å². The maximum absolute atomic E-state index is 11.8. The quantitative estimate of drug-likeness (QED) is 0.456. The number of aliphatic hydroxyl groups excluding tert-OH is 2. The number of nitrogens with two attached hydrogens (primary N) is 1. The van der Waals surface area contributed by atoms with E-state index in [1.807, 2.05) is 0 Å². The van der Waals surface area contributed by atoms with Crippen molar-refractivity contribution >= 4 is 22.9 Å². The van der Waals surface area contributed by atoms with Gasteiger partial charge in [0.25, 0.3) is 0 Å². The molecule has 142 valence electrons. The zero-order valence-electron chi connectivity index (χ0n) is 14.3. The Balaban J connectivity index is 1.64. The Labute approximate surface area is 149 Å². The van der Waals surface area contributed by atoms with Crippen molar-refractivity contribution in [3.63, 3.8) is 0 Å². The maximum Gasteiger partial charge on any atom is 0.222 e. The molecule has 11 nitrogen and oxygen atoms in total. The lowest BCUT2D eigenvalue weighted by molar-refractivity contribution is -0.158. The molecule has 1 aliphatic heterocycles. The standard InChI is InChI=1S/C15H22N6O5/c1-25-3-2-10(22)20-8-5-26-9(13(24)12(8)23)4-21-7-19-11-14(16)17-6-18-15(11)21/h6-9,12-13,23-24H,2-5H2,1H3,(H,20,22)(H2,16,17,18)/t8-,9-,12+,13-/m1/s1. The summed E-state index contributed by atoms with van der Waals surface area (Å²) in [7, 11) is 1.50. The highest BCUT2D eigenvalue weighted by molar-refractivity contribution is 5.81. The number of nitrogen functional groups attached to an aromatic ring is 1. The van der Waals surface area contributed by atoms with Crippen LogP contribution >= 0.6 is 0 Å². The van der Waals surface area contributed by atoms with Crippen molar-refractivity contribution in [3.05, 3.63) is 12.7 Å². The smallest absolute Gasteiger partial charge is 0.222 e. The third kappa shape index (κ3) is 3.75. The van der Waals surface area contributed by atoms with Crippen molar-refractivity contribution in [2.45, 2.75) is 37.3 Å². The van der Waals surface area contributed by atoms with E-state index in [4.69, 9.17) is 15.2 Å². The number of carbonyl (C=O) groups is 1. The number of fused-ring (bicyclic) bond motifs is 1. The van der Waals surface area contributed by atoms with Crippen molar-refractivity contribution in [3.8, 4) is 0 Å². The Bertz CT molecular complexity index is 768. The summed E-state index contributed by atoms with van der Waals surface area (Å²) in [4.78, 5) is 23.9. The fourth-order valence-corrected chi connectivity index (χ4v) is 2.87. The van der Waals surface area contributed by atoms with Crippen molar-refractivity contribution in [2.24, 2.45) is 0 Å². The lowest BCUT2D eigenvalue weighted by atomic mass is 9.97. The maximum atomic E-state index is 11.8. The molecule has 26 heavy (non-hydrogen) atoms. The molecule has 0 aliphatic carbocycles. The van der Waals surface area contributed by atoms with Gasteiger partial charge in [-0.25, -0.2) is 15.0 Å². The SMILES string of the molecule is COCCC(=O)N[C@@H]1CO[C@H](Cn2cnc3c(N)ncnc32)[C@@H](O)[C@H]1O. The van der Waals surface area contributed by atoms with E-state index in [0.29, 0.717) is 11.2 Å². The predicted molar refractivity (Wildman–Crippen MR) is 89.9 cm³/mol. The molecule has 1 fully saturated rings. The summed E-state index contributed by atoms with van der Waals surface area (Å²) in [5.41, 5.74) is 6.73. The number of nitrogens with zero attached hydrogens (tertiary/aromatic N) is 4. The number of carbonyl (C=O) groups excluding carboxylic acids is 1. The van der Waals surface area contributed by atoms with Crippen molar-refractivity contribution < 1.29 is 24.5 Å². The number of rotatable bonds is 6. The van der Waals surface area contributed by atoms with Gasteiger partial charge in [-0.2, -0.15) is 0 Å². The van der Waals surface area contributed by atoms with Crippen LogP contribution < -0.4 is 11.1 Å². The number of nitrogens with one attached hydrogen (secondary N) is 1. The fourth-order valence-electron chi connectivity index (χ4n) is 2.87. The number of amides is 1. The van der Waals surface area contributed by atoms with Crippen LogP contribution in [-0.2, 0) is 20.8 Å². The van der Waals surface area contributed by atoms with Gasteiger partial charge in [-0.05, 0) is 0 Å². The lowest BCUT2D eigenvalue weighted by Crippen LogP contribution is -2.60. The first-order valence-electron chi connectivity index (χ1n) is 8.18. The van der Waals surface area contributed by atoms with Crippen LogP contribution in [0.15, 0.2) is 12.7 Å². The summed E-state index contributed by atoms with van der Waals surface area (Å²) in [6.07, 6.45) is -0.0133. The average molecular weight is 366 g/mol. The average Bonchev–Trinajstić information content (AvgIpc) is 3.04. The second-order valence-corrected chi connectivity index (χ2v) is 6.10. The summed E-state index contributed by atoms with van der Waals surface area (Å²) >= 11 is 0. The van der Waals surface area contributed by atoms with Crippen LogP contribution in [0.1, 0.15) is 6.42 Å². The zero-order chi connectivity index (χ0) is 18.7. The monoisotopic (exact) mass is 366 g/mol. The van der Waals surface area contributed by atoms with Crippen LogP contribution in [0.2, 0.25) is 0 Å². The molecule has 2 aromatic rings. The summed E-state index contributed by atoms with van der Waals surface area (Å²) in [5.74, 6) is -0.0179. The van der Waals surface area contributed by atoms with Crippen LogP contribution in [0.5, 0.6) is 0 Å². The molecule has 1 aliphatic rings. The number of methoxy groups -OCH3 is 1. The van der Waals surface area contributed by atoms with Crippen LogP contribution in [0, 0.1) is 0 Å². The zero-order valence-corrected chi connectivity index (χ0v) is 14.3. The van der Waals surface area contributed by atoms with E-state index in [1.165, 1.54) is 19.8 Å². The van der Waals surface area contributed by atoms with Gasteiger partial charge >= 0.3 is 0 Å². The number of hydrogen-bond donors (Lipinski definition) is 4. The first kappa shape index (κ1) is 18.5. The lowest BCUT2D eigenvalue weighted by Gasteiger charge is -2.38. The second kappa shape index (κ2) is 7.91. The van der Waals surface area contributed by atoms with Crippen LogP contribution in [-0.4, -0.2) is 80.3 Å². The van der Waals surface area contributed by atoms with E-state index in [9.17, 15) is 15.0 Å². The van der Waals surface area contributed by atoms with E-state index in [-0.39, 0.29) is 37.9 Å². The molecule has 1 amide bonds.